The van der Waals surface area contributed by atoms with Gasteiger partial charge in [-0.2, -0.15) is 0 Å². The molecule has 1 unspecified atom stereocenters. The second-order valence-corrected chi connectivity index (χ2v) is 7.55. The van der Waals surface area contributed by atoms with E-state index >= 15 is 0 Å². The molecule has 0 amide bonds. The fraction of sp³-hybridized carbons (Fsp3) is 0.412. The molecule has 4 heteroatoms. The molecule has 0 aliphatic carbocycles. The van der Waals surface area contributed by atoms with E-state index in [-0.39, 0.29) is 0 Å². The Morgan fingerprint density at radius 1 is 1.14 bits per heavy atom. The SMILES string of the molecule is CCCNCC(Cc1cccc(Cl)c1)Cc1ccc(Cl)s1. The molecule has 2 aromatic rings. The molecule has 1 aromatic carbocycles. The van der Waals surface area contributed by atoms with Crippen LogP contribution in [0.15, 0.2) is 36.4 Å². The zero-order chi connectivity index (χ0) is 15.1. The Bertz CT molecular complexity index is 553. The van der Waals surface area contributed by atoms with Gasteiger partial charge < -0.3 is 5.32 Å². The molecule has 0 saturated heterocycles. The highest BCUT2D eigenvalue weighted by Crippen LogP contribution is 2.25. The zero-order valence-corrected chi connectivity index (χ0v) is 14.6. The number of nitrogens with one attached hydrogen (secondary N) is 1. The van der Waals surface area contributed by atoms with E-state index in [2.05, 4.69) is 30.4 Å². The number of halogens is 2. The molecule has 1 aromatic heterocycles. The summed E-state index contributed by atoms with van der Waals surface area (Å²) < 4.78 is 0.869. The van der Waals surface area contributed by atoms with Gasteiger partial charge >= 0.3 is 0 Å². The lowest BCUT2D eigenvalue weighted by Gasteiger charge is -2.17. The molecule has 0 aliphatic heterocycles. The van der Waals surface area contributed by atoms with Crippen LogP contribution in [-0.2, 0) is 12.8 Å². The lowest BCUT2D eigenvalue weighted by molar-refractivity contribution is 0.473. The summed E-state index contributed by atoms with van der Waals surface area (Å²) in [6, 6.07) is 12.3. The van der Waals surface area contributed by atoms with Crippen molar-refractivity contribution in [1.29, 1.82) is 0 Å². The van der Waals surface area contributed by atoms with Crippen molar-refractivity contribution in [3.05, 3.63) is 56.2 Å². The minimum Gasteiger partial charge on any atom is -0.316 e. The smallest absolute Gasteiger partial charge is 0.0931 e. The molecular formula is C17H21Cl2NS. The first kappa shape index (κ1) is 16.8. The summed E-state index contributed by atoms with van der Waals surface area (Å²) in [5.74, 6) is 0.560. The van der Waals surface area contributed by atoms with Crippen molar-refractivity contribution in [2.24, 2.45) is 5.92 Å². The van der Waals surface area contributed by atoms with Crippen molar-refractivity contribution in [3.8, 4) is 0 Å². The largest absolute Gasteiger partial charge is 0.316 e. The standard InChI is InChI=1S/C17H21Cl2NS/c1-2-8-20-12-14(11-16-6-7-17(19)21-16)9-13-4-3-5-15(18)10-13/h3-7,10,14,20H,2,8-9,11-12H2,1H3. The summed E-state index contributed by atoms with van der Waals surface area (Å²) in [5.41, 5.74) is 1.30. The summed E-state index contributed by atoms with van der Waals surface area (Å²) >= 11 is 13.8. The van der Waals surface area contributed by atoms with Gasteiger partial charge in [-0.3, -0.25) is 0 Å². The van der Waals surface area contributed by atoms with E-state index in [0.717, 1.165) is 41.7 Å². The minimum atomic E-state index is 0.560. The van der Waals surface area contributed by atoms with Crippen LogP contribution in [0.2, 0.25) is 9.36 Å². The predicted molar refractivity (Wildman–Crippen MR) is 94.8 cm³/mol. The maximum absolute atomic E-state index is 6.09. The predicted octanol–water partition coefficient (Wildman–Crippen LogP) is 5.46. The number of hydrogen-bond acceptors (Lipinski definition) is 2. The molecule has 1 atom stereocenters. The number of benzene rings is 1. The van der Waals surface area contributed by atoms with Crippen LogP contribution in [0.1, 0.15) is 23.8 Å². The van der Waals surface area contributed by atoms with E-state index in [1.165, 1.54) is 10.4 Å². The third-order valence-electron chi connectivity index (χ3n) is 3.39. The Kier molecular flexibility index (Phi) is 7.05. The van der Waals surface area contributed by atoms with Crippen LogP contribution in [0.25, 0.3) is 0 Å². The summed E-state index contributed by atoms with van der Waals surface area (Å²) in [5, 5.41) is 4.35. The van der Waals surface area contributed by atoms with Gasteiger partial charge in [0.05, 0.1) is 4.34 Å². The third kappa shape index (κ3) is 5.99. The van der Waals surface area contributed by atoms with Crippen molar-refractivity contribution in [2.45, 2.75) is 26.2 Å². The molecule has 0 spiro atoms. The van der Waals surface area contributed by atoms with Gasteiger partial charge in [0.15, 0.2) is 0 Å². The minimum absolute atomic E-state index is 0.560. The quantitative estimate of drug-likeness (QED) is 0.629. The third-order valence-corrected chi connectivity index (χ3v) is 4.88. The molecule has 114 valence electrons. The van der Waals surface area contributed by atoms with E-state index in [9.17, 15) is 0 Å². The van der Waals surface area contributed by atoms with Crippen LogP contribution >= 0.6 is 34.5 Å². The Hall–Kier alpha value is -0.540. The van der Waals surface area contributed by atoms with E-state index in [1.807, 2.05) is 18.2 Å². The van der Waals surface area contributed by atoms with Crippen molar-refractivity contribution < 1.29 is 0 Å². The van der Waals surface area contributed by atoms with Gasteiger partial charge in [-0.05, 0) is 68.1 Å². The number of thiophene rings is 1. The zero-order valence-electron chi connectivity index (χ0n) is 12.2. The molecule has 1 N–H and O–H groups in total. The fourth-order valence-corrected chi connectivity index (χ4v) is 3.86. The summed E-state index contributed by atoms with van der Waals surface area (Å²) in [4.78, 5) is 1.35. The van der Waals surface area contributed by atoms with Gasteiger partial charge in [0, 0.05) is 9.90 Å². The van der Waals surface area contributed by atoms with Crippen LogP contribution < -0.4 is 5.32 Å². The highest BCUT2D eigenvalue weighted by molar-refractivity contribution is 7.16. The highest BCUT2D eigenvalue weighted by atomic mass is 35.5. The van der Waals surface area contributed by atoms with Crippen LogP contribution in [0, 0.1) is 5.92 Å². The van der Waals surface area contributed by atoms with E-state index < -0.39 is 0 Å². The first-order valence-corrected chi connectivity index (χ1v) is 8.94. The maximum Gasteiger partial charge on any atom is 0.0931 e. The first-order valence-electron chi connectivity index (χ1n) is 7.36. The van der Waals surface area contributed by atoms with Crippen LogP contribution in [0.3, 0.4) is 0 Å². The summed E-state index contributed by atoms with van der Waals surface area (Å²) in [7, 11) is 0. The molecule has 1 heterocycles. The van der Waals surface area contributed by atoms with Crippen LogP contribution in [0.5, 0.6) is 0 Å². The van der Waals surface area contributed by atoms with Crippen molar-refractivity contribution in [2.75, 3.05) is 13.1 Å². The van der Waals surface area contributed by atoms with Gasteiger partial charge in [-0.25, -0.2) is 0 Å². The Balaban J connectivity index is 2.00. The second-order valence-electron chi connectivity index (χ2n) is 5.31. The Morgan fingerprint density at radius 2 is 2.00 bits per heavy atom. The van der Waals surface area contributed by atoms with Gasteiger partial charge in [0.2, 0.25) is 0 Å². The van der Waals surface area contributed by atoms with Crippen molar-refractivity contribution >= 4 is 34.5 Å². The maximum atomic E-state index is 6.09. The number of hydrogen-bond donors (Lipinski definition) is 1. The fourth-order valence-electron chi connectivity index (χ4n) is 2.44. The molecule has 0 radical (unpaired) electrons. The molecule has 0 fully saturated rings. The highest BCUT2D eigenvalue weighted by Gasteiger charge is 2.12. The Labute approximate surface area is 141 Å². The monoisotopic (exact) mass is 341 g/mol. The molecule has 0 aliphatic rings. The molecule has 2 rings (SSSR count). The molecule has 21 heavy (non-hydrogen) atoms. The van der Waals surface area contributed by atoms with Crippen LogP contribution in [0.4, 0.5) is 0 Å². The second kappa shape index (κ2) is 8.79. The van der Waals surface area contributed by atoms with Crippen molar-refractivity contribution in [3.63, 3.8) is 0 Å². The molecule has 0 bridgehead atoms. The lowest BCUT2D eigenvalue weighted by atomic mass is 9.95. The average molecular weight is 342 g/mol. The normalized spacial score (nSPS) is 12.5. The lowest BCUT2D eigenvalue weighted by Crippen LogP contribution is -2.26. The molecule has 1 nitrogen and oxygen atoms in total. The Morgan fingerprint density at radius 3 is 2.67 bits per heavy atom. The topological polar surface area (TPSA) is 12.0 Å². The van der Waals surface area contributed by atoms with Gasteiger partial charge in [0.1, 0.15) is 0 Å². The summed E-state index contributed by atoms with van der Waals surface area (Å²) in [6.45, 7) is 4.28. The van der Waals surface area contributed by atoms with E-state index in [0.29, 0.717) is 5.92 Å². The summed E-state index contributed by atoms with van der Waals surface area (Å²) in [6.07, 6.45) is 3.25. The number of rotatable bonds is 8. The average Bonchev–Trinajstić information content (AvgIpc) is 2.84. The van der Waals surface area contributed by atoms with E-state index in [1.54, 1.807) is 11.3 Å². The van der Waals surface area contributed by atoms with Gasteiger partial charge in [-0.15, -0.1) is 11.3 Å². The molecule has 0 saturated carbocycles. The van der Waals surface area contributed by atoms with Gasteiger partial charge in [0.25, 0.3) is 0 Å². The van der Waals surface area contributed by atoms with Crippen molar-refractivity contribution in [1.82, 2.24) is 5.32 Å². The van der Waals surface area contributed by atoms with E-state index in [4.69, 9.17) is 23.2 Å². The molecular weight excluding hydrogens is 321 g/mol. The first-order chi connectivity index (χ1) is 10.2. The van der Waals surface area contributed by atoms with Gasteiger partial charge in [-0.1, -0.05) is 42.3 Å². The van der Waals surface area contributed by atoms with Crippen LogP contribution in [-0.4, -0.2) is 13.1 Å².